The Balaban J connectivity index is 2.08. The molecule has 0 saturated heterocycles. The van der Waals surface area contributed by atoms with Gasteiger partial charge in [0.2, 0.25) is 4.96 Å². The first-order valence-electron chi connectivity index (χ1n) is 5.84. The molecule has 98 valence electrons. The number of ether oxygens (including phenoxy) is 1. The molecule has 0 aliphatic heterocycles. The predicted octanol–water partition coefficient (Wildman–Crippen LogP) is 1.78. The van der Waals surface area contributed by atoms with Crippen LogP contribution < -0.4 is 0 Å². The lowest BCUT2D eigenvalue weighted by atomic mass is 9.79. The first-order valence-corrected chi connectivity index (χ1v) is 6.66. The highest BCUT2D eigenvalue weighted by Crippen LogP contribution is 2.46. The minimum Gasteiger partial charge on any atom is -0.390 e. The number of methoxy groups -OCH3 is 1. The molecular weight excluding hydrogens is 257 g/mol. The van der Waals surface area contributed by atoms with Crippen molar-refractivity contribution in [3.8, 4) is 0 Å². The van der Waals surface area contributed by atoms with Crippen LogP contribution in [0.1, 0.15) is 35.7 Å². The van der Waals surface area contributed by atoms with Gasteiger partial charge in [0, 0.05) is 7.11 Å². The highest BCUT2D eigenvalue weighted by Gasteiger charge is 2.43. The largest absolute Gasteiger partial charge is 0.390 e. The van der Waals surface area contributed by atoms with Crippen LogP contribution in [-0.4, -0.2) is 26.8 Å². The van der Waals surface area contributed by atoms with Crippen LogP contribution in [0.15, 0.2) is 0 Å². The second-order valence-electron chi connectivity index (χ2n) is 4.51. The van der Waals surface area contributed by atoms with E-state index in [0.717, 1.165) is 11.4 Å². The molecule has 0 atom stereocenters. The number of aliphatic hydroxyl groups is 1. The number of alkyl halides is 1. The summed E-state index contributed by atoms with van der Waals surface area (Å²) in [6.45, 7) is 0.146. The quantitative estimate of drug-likeness (QED) is 0.920. The summed E-state index contributed by atoms with van der Waals surface area (Å²) in [5.41, 5.74) is -0.544. The zero-order chi connectivity index (χ0) is 12.8. The van der Waals surface area contributed by atoms with Gasteiger partial charge in [-0.2, -0.15) is 5.10 Å². The Labute approximate surface area is 107 Å². The number of aromatic nitrogens is 3. The van der Waals surface area contributed by atoms with Gasteiger partial charge in [-0.15, -0.1) is 0 Å². The minimum atomic E-state index is -1.37. The van der Waals surface area contributed by atoms with E-state index in [9.17, 15) is 9.50 Å². The Bertz CT molecular complexity index is 576. The summed E-state index contributed by atoms with van der Waals surface area (Å²) in [6, 6.07) is 0. The van der Waals surface area contributed by atoms with E-state index in [2.05, 4.69) is 10.1 Å². The average Bonchev–Trinajstić information content (AvgIpc) is 2.83. The molecule has 1 fully saturated rings. The van der Waals surface area contributed by atoms with Gasteiger partial charge in [0.1, 0.15) is 10.7 Å². The van der Waals surface area contributed by atoms with Crippen LogP contribution in [0.3, 0.4) is 0 Å². The predicted molar refractivity (Wildman–Crippen MR) is 64.1 cm³/mol. The van der Waals surface area contributed by atoms with E-state index in [-0.39, 0.29) is 6.61 Å². The number of hydrogen-bond donors (Lipinski definition) is 1. The first-order chi connectivity index (χ1) is 8.68. The Morgan fingerprint density at radius 2 is 2.33 bits per heavy atom. The number of nitrogens with zero attached hydrogens (tertiary/aromatic N) is 3. The smallest absolute Gasteiger partial charge is 0.212 e. The molecule has 1 aliphatic carbocycles. The molecule has 0 amide bonds. The van der Waals surface area contributed by atoms with Gasteiger partial charge >= 0.3 is 0 Å². The van der Waals surface area contributed by atoms with Crippen molar-refractivity contribution in [1.82, 2.24) is 14.6 Å². The molecule has 7 heteroatoms. The van der Waals surface area contributed by atoms with Gasteiger partial charge in [-0.1, -0.05) is 11.3 Å². The summed E-state index contributed by atoms with van der Waals surface area (Å²) in [5, 5.41) is 14.5. The van der Waals surface area contributed by atoms with E-state index < -0.39 is 5.67 Å². The van der Waals surface area contributed by atoms with E-state index in [1.165, 1.54) is 15.9 Å². The van der Waals surface area contributed by atoms with Crippen LogP contribution in [-0.2, 0) is 23.6 Å². The van der Waals surface area contributed by atoms with Crippen LogP contribution in [0.4, 0.5) is 4.39 Å². The van der Waals surface area contributed by atoms with Crippen molar-refractivity contribution in [2.24, 2.45) is 0 Å². The fraction of sp³-hybridized carbons (Fsp3) is 0.636. The molecule has 0 radical (unpaired) electrons. The van der Waals surface area contributed by atoms with E-state index in [4.69, 9.17) is 4.74 Å². The molecule has 1 aliphatic rings. The molecule has 0 unspecified atom stereocenters. The third-order valence-corrected chi connectivity index (χ3v) is 4.21. The van der Waals surface area contributed by atoms with Gasteiger partial charge in [0.15, 0.2) is 5.67 Å². The maximum Gasteiger partial charge on any atom is 0.212 e. The molecule has 0 aromatic carbocycles. The average molecular weight is 271 g/mol. The van der Waals surface area contributed by atoms with Gasteiger partial charge < -0.3 is 9.84 Å². The monoisotopic (exact) mass is 271 g/mol. The molecule has 2 aromatic rings. The topological polar surface area (TPSA) is 59.7 Å². The molecule has 18 heavy (non-hydrogen) atoms. The summed E-state index contributed by atoms with van der Waals surface area (Å²) in [6.07, 6.45) is 1.83. The second-order valence-corrected chi connectivity index (χ2v) is 5.55. The Kier molecular flexibility index (Phi) is 2.84. The van der Waals surface area contributed by atoms with Gasteiger partial charge in [-0.25, -0.2) is 13.9 Å². The summed E-state index contributed by atoms with van der Waals surface area (Å²) >= 11 is 1.36. The van der Waals surface area contributed by atoms with Gasteiger partial charge in [0.25, 0.3) is 0 Å². The van der Waals surface area contributed by atoms with Gasteiger partial charge in [0.05, 0.1) is 18.9 Å². The summed E-state index contributed by atoms with van der Waals surface area (Å²) in [7, 11) is 1.59. The Hall–Kier alpha value is -1.05. The van der Waals surface area contributed by atoms with E-state index >= 15 is 0 Å². The molecular formula is C11H14FN3O2S. The lowest BCUT2D eigenvalue weighted by molar-refractivity contribution is 0.0537. The highest BCUT2D eigenvalue weighted by atomic mass is 32.1. The molecule has 5 nitrogen and oxygen atoms in total. The minimum absolute atomic E-state index is 0.252. The zero-order valence-corrected chi connectivity index (χ0v) is 10.8. The van der Waals surface area contributed by atoms with E-state index in [0.29, 0.717) is 35.8 Å². The number of rotatable bonds is 4. The summed E-state index contributed by atoms with van der Waals surface area (Å²) < 4.78 is 21.0. The Morgan fingerprint density at radius 1 is 1.56 bits per heavy atom. The van der Waals surface area contributed by atoms with Crippen LogP contribution in [0, 0.1) is 0 Å². The van der Waals surface area contributed by atoms with Gasteiger partial charge in [-0.05, 0) is 19.3 Å². The molecule has 2 heterocycles. The molecule has 1 N–H and O–H groups in total. The molecule has 3 rings (SSSR count). The van der Waals surface area contributed by atoms with Crippen LogP contribution in [0.25, 0.3) is 4.96 Å². The van der Waals surface area contributed by atoms with Gasteiger partial charge in [-0.3, -0.25) is 0 Å². The zero-order valence-electron chi connectivity index (χ0n) is 10.0. The van der Waals surface area contributed by atoms with Crippen LogP contribution in [0.5, 0.6) is 0 Å². The fourth-order valence-corrected chi connectivity index (χ4v) is 3.12. The van der Waals surface area contributed by atoms with E-state index in [1.807, 2.05) is 0 Å². The molecule has 1 saturated carbocycles. The third-order valence-electron chi connectivity index (χ3n) is 3.33. The van der Waals surface area contributed by atoms with Crippen molar-refractivity contribution in [3.05, 3.63) is 16.4 Å². The molecule has 0 spiro atoms. The molecule has 0 bridgehead atoms. The van der Waals surface area contributed by atoms with Crippen molar-refractivity contribution in [1.29, 1.82) is 0 Å². The van der Waals surface area contributed by atoms with Crippen molar-refractivity contribution in [2.75, 3.05) is 7.11 Å². The second kappa shape index (κ2) is 4.25. The number of fused-ring (bicyclic) bond motifs is 1. The maximum absolute atomic E-state index is 14.4. The van der Waals surface area contributed by atoms with Crippen molar-refractivity contribution < 1.29 is 14.2 Å². The normalized spacial score (nSPS) is 18.2. The number of hydrogen-bond acceptors (Lipinski definition) is 5. The fourth-order valence-electron chi connectivity index (χ4n) is 2.24. The maximum atomic E-state index is 14.4. The SMILES string of the molecule is COCc1nn2c(CO)c(C3(F)CCC3)nc2s1. The lowest BCUT2D eigenvalue weighted by Gasteiger charge is -2.32. The Morgan fingerprint density at radius 3 is 2.89 bits per heavy atom. The lowest BCUT2D eigenvalue weighted by Crippen LogP contribution is -2.30. The number of aliphatic hydroxyl groups excluding tert-OH is 1. The summed E-state index contributed by atoms with van der Waals surface area (Å²) in [5.74, 6) is 0. The van der Waals surface area contributed by atoms with Crippen molar-refractivity contribution >= 4 is 16.3 Å². The number of halogens is 1. The van der Waals surface area contributed by atoms with Crippen molar-refractivity contribution in [3.63, 3.8) is 0 Å². The standard InChI is InChI=1S/C11H14FN3O2S/c1-17-6-8-14-15-7(5-16)9(13-10(15)18-8)11(12)3-2-4-11/h16H,2-6H2,1H3. The van der Waals surface area contributed by atoms with E-state index in [1.54, 1.807) is 7.11 Å². The van der Waals surface area contributed by atoms with Crippen LogP contribution in [0.2, 0.25) is 0 Å². The van der Waals surface area contributed by atoms with Crippen molar-refractivity contribution in [2.45, 2.75) is 38.1 Å². The highest BCUT2D eigenvalue weighted by molar-refractivity contribution is 7.16. The molecule has 2 aromatic heterocycles. The first kappa shape index (κ1) is 12.0. The van der Waals surface area contributed by atoms with Crippen LogP contribution >= 0.6 is 11.3 Å². The summed E-state index contributed by atoms with van der Waals surface area (Å²) in [4.78, 5) is 4.92. The third kappa shape index (κ3) is 1.65. The number of imidazole rings is 1.